The van der Waals surface area contributed by atoms with Crippen molar-refractivity contribution < 1.29 is 5.11 Å². The van der Waals surface area contributed by atoms with Gasteiger partial charge >= 0.3 is 0 Å². The van der Waals surface area contributed by atoms with Gasteiger partial charge in [0, 0.05) is 0 Å². The molecule has 1 atom stereocenters. The molecule has 0 spiro atoms. The Balaban J connectivity index is 2.39. The van der Waals surface area contributed by atoms with Crippen molar-refractivity contribution in [1.29, 1.82) is 0 Å². The van der Waals surface area contributed by atoms with Gasteiger partial charge < -0.3 is 5.11 Å². The molecule has 1 aromatic heterocycles. The van der Waals surface area contributed by atoms with Crippen LogP contribution in [-0.4, -0.2) is 5.11 Å². The molecule has 0 radical (unpaired) electrons. The Labute approximate surface area is 91.2 Å². The summed E-state index contributed by atoms with van der Waals surface area (Å²) in [6.45, 7) is 3.65. The largest absolute Gasteiger partial charge is 0.388 e. The summed E-state index contributed by atoms with van der Waals surface area (Å²) in [6, 6.07) is 1.98. The molecular formula is C10H13BrOS. The first-order valence-corrected chi connectivity index (χ1v) is 5.94. The minimum absolute atomic E-state index is 0.317. The molecule has 0 aliphatic heterocycles. The molecule has 1 rings (SSSR count). The summed E-state index contributed by atoms with van der Waals surface area (Å²) in [5.41, 5.74) is 1.01. The maximum atomic E-state index is 9.71. The zero-order valence-corrected chi connectivity index (χ0v) is 9.77. The van der Waals surface area contributed by atoms with E-state index in [1.807, 2.05) is 17.5 Å². The van der Waals surface area contributed by atoms with Crippen molar-refractivity contribution in [3.8, 4) is 0 Å². The van der Waals surface area contributed by atoms with E-state index >= 15 is 0 Å². The molecule has 0 aromatic carbocycles. The molecule has 1 aromatic rings. The van der Waals surface area contributed by atoms with Crippen LogP contribution in [0, 0.1) is 0 Å². The lowest BCUT2D eigenvalue weighted by molar-refractivity contribution is 0.165. The first-order valence-electron chi connectivity index (χ1n) is 4.27. The lowest BCUT2D eigenvalue weighted by Crippen LogP contribution is -1.94. The van der Waals surface area contributed by atoms with Crippen molar-refractivity contribution in [1.82, 2.24) is 0 Å². The van der Waals surface area contributed by atoms with Crippen molar-refractivity contribution >= 4 is 27.3 Å². The molecule has 0 saturated heterocycles. The molecule has 1 N–H and O–H groups in total. The second-order valence-electron chi connectivity index (χ2n) is 2.92. The van der Waals surface area contributed by atoms with Crippen LogP contribution in [0.25, 0.3) is 0 Å². The molecule has 13 heavy (non-hydrogen) atoms. The van der Waals surface area contributed by atoms with Crippen molar-refractivity contribution in [2.75, 3.05) is 0 Å². The van der Waals surface area contributed by atoms with Gasteiger partial charge in [0.15, 0.2) is 0 Å². The van der Waals surface area contributed by atoms with Gasteiger partial charge in [-0.05, 0) is 52.2 Å². The van der Waals surface area contributed by atoms with Crippen LogP contribution in [0.4, 0.5) is 0 Å². The van der Waals surface area contributed by atoms with E-state index in [-0.39, 0.29) is 6.10 Å². The maximum absolute atomic E-state index is 9.71. The summed E-state index contributed by atoms with van der Waals surface area (Å²) < 4.78 is 1.07. The molecule has 0 aliphatic carbocycles. The number of allylic oxidation sites excluding steroid dienone is 1. The predicted molar refractivity (Wildman–Crippen MR) is 61.0 cm³/mol. The summed E-state index contributed by atoms with van der Waals surface area (Å²) in [7, 11) is 0. The van der Waals surface area contributed by atoms with E-state index in [1.165, 1.54) is 0 Å². The summed E-state index contributed by atoms with van der Waals surface area (Å²) in [4.78, 5) is 0. The Hall–Kier alpha value is -0.120. The van der Waals surface area contributed by atoms with Crippen molar-refractivity contribution in [3.05, 3.63) is 33.5 Å². The van der Waals surface area contributed by atoms with Crippen LogP contribution < -0.4 is 0 Å². The van der Waals surface area contributed by atoms with Gasteiger partial charge in [-0.1, -0.05) is 6.08 Å². The molecule has 0 aliphatic rings. The Morgan fingerprint density at radius 2 is 2.46 bits per heavy atom. The van der Waals surface area contributed by atoms with Gasteiger partial charge in [0.25, 0.3) is 0 Å². The highest BCUT2D eigenvalue weighted by molar-refractivity contribution is 9.11. The van der Waals surface area contributed by atoms with Crippen LogP contribution in [0.15, 0.2) is 27.9 Å². The smallest absolute Gasteiger partial charge is 0.0798 e. The number of halogens is 1. The fraction of sp³-hybridized carbons (Fsp3) is 0.400. The number of unbranched alkanes of at least 4 members (excludes halogenated alkanes) is 1. The van der Waals surface area contributed by atoms with Crippen molar-refractivity contribution in [3.63, 3.8) is 0 Å². The highest BCUT2D eigenvalue weighted by Crippen LogP contribution is 2.27. The molecule has 1 nitrogen and oxygen atoms in total. The van der Waals surface area contributed by atoms with E-state index in [4.69, 9.17) is 0 Å². The minimum Gasteiger partial charge on any atom is -0.388 e. The third-order valence-corrected chi connectivity index (χ3v) is 3.38. The number of thiophene rings is 1. The Morgan fingerprint density at radius 1 is 1.69 bits per heavy atom. The SMILES string of the molecule is C=CCCCC(O)c1csc(Br)c1. The van der Waals surface area contributed by atoms with Crippen LogP contribution in [-0.2, 0) is 0 Å². The van der Waals surface area contributed by atoms with Gasteiger partial charge in [-0.2, -0.15) is 0 Å². The van der Waals surface area contributed by atoms with Crippen LogP contribution in [0.3, 0.4) is 0 Å². The van der Waals surface area contributed by atoms with E-state index < -0.39 is 0 Å². The van der Waals surface area contributed by atoms with Crippen molar-refractivity contribution in [2.45, 2.75) is 25.4 Å². The molecule has 72 valence electrons. The summed E-state index contributed by atoms with van der Waals surface area (Å²) in [5, 5.41) is 11.7. The second-order valence-corrected chi connectivity index (χ2v) is 5.21. The standard InChI is InChI=1S/C10H13BrOS/c1-2-3-4-5-9(12)8-6-10(11)13-7-8/h2,6-7,9,12H,1,3-5H2. The first kappa shape index (κ1) is 11.0. The fourth-order valence-electron chi connectivity index (χ4n) is 1.12. The number of rotatable bonds is 5. The van der Waals surface area contributed by atoms with Crippen LogP contribution in [0.2, 0.25) is 0 Å². The normalized spacial score (nSPS) is 12.8. The Kier molecular flexibility index (Phi) is 4.70. The molecule has 0 fully saturated rings. The Bertz CT molecular complexity index is 270. The van der Waals surface area contributed by atoms with Gasteiger partial charge in [0.05, 0.1) is 9.89 Å². The average Bonchev–Trinajstić information content (AvgIpc) is 2.52. The van der Waals surface area contributed by atoms with Crippen LogP contribution >= 0.6 is 27.3 Å². The van der Waals surface area contributed by atoms with E-state index in [9.17, 15) is 5.11 Å². The third-order valence-electron chi connectivity index (χ3n) is 1.86. The van der Waals surface area contributed by atoms with Gasteiger partial charge in [-0.15, -0.1) is 17.9 Å². The van der Waals surface area contributed by atoms with E-state index in [1.54, 1.807) is 11.3 Å². The van der Waals surface area contributed by atoms with Gasteiger partial charge in [0.1, 0.15) is 0 Å². The average molecular weight is 261 g/mol. The summed E-state index contributed by atoms with van der Waals surface area (Å²) >= 11 is 4.98. The monoisotopic (exact) mass is 260 g/mol. The highest BCUT2D eigenvalue weighted by atomic mass is 79.9. The number of hydrogen-bond acceptors (Lipinski definition) is 2. The van der Waals surface area contributed by atoms with E-state index in [0.717, 1.165) is 28.6 Å². The van der Waals surface area contributed by atoms with Crippen LogP contribution in [0.1, 0.15) is 30.9 Å². The second kappa shape index (κ2) is 5.58. The van der Waals surface area contributed by atoms with E-state index in [2.05, 4.69) is 22.5 Å². The Morgan fingerprint density at radius 3 is 3.00 bits per heavy atom. The molecule has 3 heteroatoms. The molecule has 0 amide bonds. The topological polar surface area (TPSA) is 20.2 Å². The first-order chi connectivity index (χ1) is 6.24. The van der Waals surface area contributed by atoms with Crippen LogP contribution in [0.5, 0.6) is 0 Å². The highest BCUT2D eigenvalue weighted by Gasteiger charge is 2.08. The number of hydrogen-bond donors (Lipinski definition) is 1. The van der Waals surface area contributed by atoms with Gasteiger partial charge in [-0.3, -0.25) is 0 Å². The third kappa shape index (κ3) is 3.63. The minimum atomic E-state index is -0.317. The van der Waals surface area contributed by atoms with Crippen molar-refractivity contribution in [2.24, 2.45) is 0 Å². The number of aliphatic hydroxyl groups is 1. The zero-order chi connectivity index (χ0) is 9.68. The van der Waals surface area contributed by atoms with Gasteiger partial charge in [-0.25, -0.2) is 0 Å². The van der Waals surface area contributed by atoms with E-state index in [0.29, 0.717) is 0 Å². The fourth-order valence-corrected chi connectivity index (χ4v) is 2.34. The lowest BCUT2D eigenvalue weighted by Gasteiger charge is -2.06. The summed E-state index contributed by atoms with van der Waals surface area (Å²) in [5.74, 6) is 0. The molecule has 1 heterocycles. The molecular weight excluding hydrogens is 248 g/mol. The summed E-state index contributed by atoms with van der Waals surface area (Å²) in [6.07, 6.45) is 4.36. The van der Waals surface area contributed by atoms with Gasteiger partial charge in [0.2, 0.25) is 0 Å². The molecule has 0 bridgehead atoms. The predicted octanol–water partition coefficient (Wildman–Crippen LogP) is 3.90. The molecule has 0 saturated carbocycles. The number of aliphatic hydroxyl groups excluding tert-OH is 1. The molecule has 1 unspecified atom stereocenters. The quantitative estimate of drug-likeness (QED) is 0.629. The maximum Gasteiger partial charge on any atom is 0.0798 e. The zero-order valence-electron chi connectivity index (χ0n) is 7.37. The lowest BCUT2D eigenvalue weighted by atomic mass is 10.1.